The van der Waals surface area contributed by atoms with Gasteiger partial charge in [0.2, 0.25) is 0 Å². The van der Waals surface area contributed by atoms with Crippen molar-refractivity contribution in [1.82, 2.24) is 0 Å². The van der Waals surface area contributed by atoms with Crippen LogP contribution in [0.4, 0.5) is 4.39 Å². The molecule has 23 heavy (non-hydrogen) atoms. The molecule has 7 heteroatoms. The number of carboxylic acids is 1. The van der Waals surface area contributed by atoms with Crippen LogP contribution in [0.3, 0.4) is 0 Å². The lowest BCUT2D eigenvalue weighted by Gasteiger charge is -2.03. The van der Waals surface area contributed by atoms with Crippen LogP contribution in [0.5, 0.6) is 5.75 Å². The van der Waals surface area contributed by atoms with Gasteiger partial charge in [0.25, 0.3) is 0 Å². The summed E-state index contributed by atoms with van der Waals surface area (Å²) in [5.74, 6) is -3.10. The summed E-state index contributed by atoms with van der Waals surface area (Å²) in [4.78, 5) is 23.0. The van der Waals surface area contributed by atoms with Crippen molar-refractivity contribution in [1.29, 1.82) is 0 Å². The van der Waals surface area contributed by atoms with Crippen LogP contribution in [0.15, 0.2) is 44.0 Å². The lowest BCUT2D eigenvalue weighted by atomic mass is 10.1. The quantitative estimate of drug-likeness (QED) is 0.720. The van der Waals surface area contributed by atoms with E-state index in [1.54, 1.807) is 0 Å². The molecule has 118 valence electrons. The van der Waals surface area contributed by atoms with Crippen LogP contribution in [0, 0.1) is 5.82 Å². The van der Waals surface area contributed by atoms with Gasteiger partial charge in [-0.05, 0) is 31.2 Å². The zero-order chi connectivity index (χ0) is 16.7. The average molecular weight is 318 g/mol. The first-order valence-electron chi connectivity index (χ1n) is 6.66. The van der Waals surface area contributed by atoms with Gasteiger partial charge in [-0.2, -0.15) is 0 Å². The minimum Gasteiger partial charge on any atom is -0.505 e. The monoisotopic (exact) mass is 318 g/mol. The smallest absolute Gasteiger partial charge is 0.347 e. The summed E-state index contributed by atoms with van der Waals surface area (Å²) in [5.41, 5.74) is -0.679. The standard InChI is InChI=1S/C16H11FO6/c1-7(15(19)20)12-2-3-13(22-12)9-4-8-5-10(17)11(18)6-14(8)23-16(9)21/h2-7,18H,1H3,(H,19,20). The van der Waals surface area contributed by atoms with E-state index in [0.29, 0.717) is 0 Å². The molecular formula is C16H11FO6. The highest BCUT2D eigenvalue weighted by Gasteiger charge is 2.20. The van der Waals surface area contributed by atoms with Crippen molar-refractivity contribution in [3.05, 3.63) is 52.3 Å². The zero-order valence-corrected chi connectivity index (χ0v) is 11.9. The summed E-state index contributed by atoms with van der Waals surface area (Å²) < 4.78 is 23.9. The molecule has 0 saturated heterocycles. The second kappa shape index (κ2) is 5.28. The first kappa shape index (κ1) is 14.8. The largest absolute Gasteiger partial charge is 0.505 e. The van der Waals surface area contributed by atoms with Gasteiger partial charge in [0.15, 0.2) is 11.6 Å². The summed E-state index contributed by atoms with van der Waals surface area (Å²) >= 11 is 0. The Kier molecular flexibility index (Phi) is 3.40. The molecule has 0 radical (unpaired) electrons. The lowest BCUT2D eigenvalue weighted by Crippen LogP contribution is -2.06. The topological polar surface area (TPSA) is 101 Å². The number of benzene rings is 1. The van der Waals surface area contributed by atoms with Crippen molar-refractivity contribution in [3.63, 3.8) is 0 Å². The van der Waals surface area contributed by atoms with Gasteiger partial charge in [0.1, 0.15) is 28.6 Å². The van der Waals surface area contributed by atoms with E-state index >= 15 is 0 Å². The third-order valence-electron chi connectivity index (χ3n) is 3.49. The molecule has 0 aliphatic heterocycles. The Labute approximate surface area is 128 Å². The molecule has 3 aromatic rings. The van der Waals surface area contributed by atoms with Crippen LogP contribution in [0.2, 0.25) is 0 Å². The van der Waals surface area contributed by atoms with Gasteiger partial charge in [0, 0.05) is 11.5 Å². The summed E-state index contributed by atoms with van der Waals surface area (Å²) in [6.45, 7) is 1.45. The molecule has 0 bridgehead atoms. The number of phenolic OH excluding ortho intramolecular Hbond substituents is 1. The molecule has 3 rings (SSSR count). The van der Waals surface area contributed by atoms with E-state index in [9.17, 15) is 19.1 Å². The number of phenols is 1. The minimum absolute atomic E-state index is 0.0309. The van der Waals surface area contributed by atoms with E-state index in [4.69, 9.17) is 13.9 Å². The Balaban J connectivity index is 2.13. The second-order valence-corrected chi connectivity index (χ2v) is 5.05. The first-order chi connectivity index (χ1) is 10.9. The molecule has 2 aromatic heterocycles. The van der Waals surface area contributed by atoms with Gasteiger partial charge < -0.3 is 19.0 Å². The van der Waals surface area contributed by atoms with Crippen molar-refractivity contribution >= 4 is 16.9 Å². The van der Waals surface area contributed by atoms with E-state index in [2.05, 4.69) is 0 Å². The van der Waals surface area contributed by atoms with Crippen LogP contribution >= 0.6 is 0 Å². The number of halogens is 1. The number of aromatic hydroxyl groups is 1. The van der Waals surface area contributed by atoms with Crippen molar-refractivity contribution < 1.29 is 28.2 Å². The predicted octanol–water partition coefficient (Wildman–Crippen LogP) is 3.09. The zero-order valence-electron chi connectivity index (χ0n) is 11.9. The first-order valence-corrected chi connectivity index (χ1v) is 6.66. The Morgan fingerprint density at radius 2 is 1.96 bits per heavy atom. The van der Waals surface area contributed by atoms with Crippen molar-refractivity contribution in [2.45, 2.75) is 12.8 Å². The van der Waals surface area contributed by atoms with Gasteiger partial charge in [-0.1, -0.05) is 0 Å². The van der Waals surface area contributed by atoms with E-state index < -0.39 is 29.1 Å². The third-order valence-corrected chi connectivity index (χ3v) is 3.49. The molecule has 1 unspecified atom stereocenters. The Bertz CT molecular complexity index is 968. The summed E-state index contributed by atoms with van der Waals surface area (Å²) in [6.07, 6.45) is 0. The van der Waals surface area contributed by atoms with E-state index in [0.717, 1.165) is 12.1 Å². The third kappa shape index (κ3) is 2.57. The Morgan fingerprint density at radius 1 is 1.22 bits per heavy atom. The number of hydrogen-bond acceptors (Lipinski definition) is 5. The van der Waals surface area contributed by atoms with E-state index in [1.807, 2.05) is 0 Å². The minimum atomic E-state index is -1.06. The fraction of sp³-hybridized carbons (Fsp3) is 0.125. The van der Waals surface area contributed by atoms with Gasteiger partial charge in [-0.3, -0.25) is 4.79 Å². The van der Waals surface area contributed by atoms with Crippen molar-refractivity contribution in [3.8, 4) is 17.1 Å². The molecular weight excluding hydrogens is 307 g/mol. The van der Waals surface area contributed by atoms with E-state index in [-0.39, 0.29) is 28.1 Å². The number of rotatable bonds is 3. The summed E-state index contributed by atoms with van der Waals surface area (Å²) in [7, 11) is 0. The van der Waals surface area contributed by atoms with Crippen molar-refractivity contribution in [2.75, 3.05) is 0 Å². The van der Waals surface area contributed by atoms with Gasteiger partial charge in [-0.25, -0.2) is 9.18 Å². The molecule has 2 N–H and O–H groups in total. The molecule has 0 aliphatic carbocycles. The second-order valence-electron chi connectivity index (χ2n) is 5.05. The Hall–Kier alpha value is -3.09. The highest BCUT2D eigenvalue weighted by atomic mass is 19.1. The Morgan fingerprint density at radius 3 is 2.65 bits per heavy atom. The fourth-order valence-corrected chi connectivity index (χ4v) is 2.15. The number of hydrogen-bond donors (Lipinski definition) is 2. The number of fused-ring (bicyclic) bond motifs is 1. The molecule has 0 fully saturated rings. The molecule has 0 amide bonds. The van der Waals surface area contributed by atoms with Gasteiger partial charge in [-0.15, -0.1) is 0 Å². The maximum Gasteiger partial charge on any atom is 0.347 e. The van der Waals surface area contributed by atoms with E-state index in [1.165, 1.54) is 25.1 Å². The summed E-state index contributed by atoms with van der Waals surface area (Å²) in [6, 6.07) is 6.30. The molecule has 6 nitrogen and oxygen atoms in total. The van der Waals surface area contributed by atoms with Crippen LogP contribution in [0.1, 0.15) is 18.6 Å². The molecule has 1 aromatic carbocycles. The van der Waals surface area contributed by atoms with Crippen LogP contribution in [-0.2, 0) is 4.79 Å². The highest BCUT2D eigenvalue weighted by Crippen LogP contribution is 2.28. The summed E-state index contributed by atoms with van der Waals surface area (Å²) in [5, 5.41) is 18.5. The predicted molar refractivity (Wildman–Crippen MR) is 77.9 cm³/mol. The van der Waals surface area contributed by atoms with Gasteiger partial charge >= 0.3 is 11.6 Å². The number of aliphatic carboxylic acids is 1. The number of carboxylic acid groups (broad SMARTS) is 1. The number of furan rings is 1. The molecule has 2 heterocycles. The molecule has 0 aliphatic rings. The normalized spacial score (nSPS) is 12.4. The fourth-order valence-electron chi connectivity index (χ4n) is 2.15. The van der Waals surface area contributed by atoms with Gasteiger partial charge in [0.05, 0.1) is 0 Å². The molecule has 0 spiro atoms. The lowest BCUT2D eigenvalue weighted by molar-refractivity contribution is -0.138. The average Bonchev–Trinajstić information content (AvgIpc) is 2.97. The molecule has 0 saturated carbocycles. The van der Waals surface area contributed by atoms with Crippen LogP contribution in [0.25, 0.3) is 22.3 Å². The van der Waals surface area contributed by atoms with Crippen molar-refractivity contribution in [2.24, 2.45) is 0 Å². The molecule has 1 atom stereocenters. The highest BCUT2D eigenvalue weighted by molar-refractivity contribution is 5.82. The van der Waals surface area contributed by atoms with Crippen LogP contribution in [-0.4, -0.2) is 16.2 Å². The SMILES string of the molecule is CC(C(=O)O)c1ccc(-c2cc3cc(F)c(O)cc3oc2=O)o1. The maximum atomic E-state index is 13.4. The number of carbonyl (C=O) groups is 1. The van der Waals surface area contributed by atoms with Crippen LogP contribution < -0.4 is 5.63 Å². The maximum absolute atomic E-state index is 13.4.